The van der Waals surface area contributed by atoms with E-state index in [1.54, 1.807) is 30.5 Å². The van der Waals surface area contributed by atoms with Crippen LogP contribution in [0.1, 0.15) is 38.2 Å². The van der Waals surface area contributed by atoms with E-state index in [-0.39, 0.29) is 30.2 Å². The minimum absolute atomic E-state index is 0.0205. The van der Waals surface area contributed by atoms with Gasteiger partial charge in [-0.3, -0.25) is 14.4 Å². The van der Waals surface area contributed by atoms with Gasteiger partial charge >= 0.3 is 0 Å². The maximum Gasteiger partial charge on any atom is 0.289 e. The van der Waals surface area contributed by atoms with Gasteiger partial charge in [0.25, 0.3) is 5.91 Å². The standard InChI is InChI=1S/C23H29N5O5S/c1-15(2)13-19(28-34(32,33)17-7-4-3-5-8-17)22(30)27-18-14-16-10-12-24-20(26-16)9-6-11-25-23(31)21(18)29/h3-5,7-8,10,12,15,18-19,28H,6,9,11,13-14H2,1-2H3,(H,25,31)(H,27,30). The third-order valence-corrected chi connectivity index (χ3v) is 6.76. The molecule has 2 atom stereocenters. The number of amides is 2. The van der Waals surface area contributed by atoms with E-state index < -0.39 is 39.7 Å². The van der Waals surface area contributed by atoms with Gasteiger partial charge in [0, 0.05) is 31.3 Å². The first-order chi connectivity index (χ1) is 16.2. The van der Waals surface area contributed by atoms with Gasteiger partial charge in [0.2, 0.25) is 21.7 Å². The summed E-state index contributed by atoms with van der Waals surface area (Å²) < 4.78 is 28.1. The molecule has 0 fully saturated rings. The lowest BCUT2D eigenvalue weighted by Gasteiger charge is -2.23. The highest BCUT2D eigenvalue weighted by atomic mass is 32.2. The highest BCUT2D eigenvalue weighted by molar-refractivity contribution is 7.89. The maximum atomic E-state index is 13.2. The van der Waals surface area contributed by atoms with Gasteiger partial charge in [-0.15, -0.1) is 0 Å². The molecule has 0 radical (unpaired) electrons. The number of ketones is 1. The predicted octanol–water partition coefficient (Wildman–Crippen LogP) is 0.529. The van der Waals surface area contributed by atoms with Gasteiger partial charge in [0.15, 0.2) is 0 Å². The van der Waals surface area contributed by atoms with Gasteiger partial charge in [0.1, 0.15) is 17.9 Å². The van der Waals surface area contributed by atoms with Crippen LogP contribution >= 0.6 is 0 Å². The van der Waals surface area contributed by atoms with E-state index in [0.29, 0.717) is 24.4 Å². The monoisotopic (exact) mass is 487 g/mol. The Labute approximate surface area is 199 Å². The SMILES string of the molecule is CC(C)CC(NS(=O)(=O)c1ccccc1)C(=O)NC1Cc2ccnc(n2)CCCNC(=O)C1=O. The molecule has 2 aromatic rings. The summed E-state index contributed by atoms with van der Waals surface area (Å²) >= 11 is 0. The van der Waals surface area contributed by atoms with E-state index in [1.807, 2.05) is 13.8 Å². The Balaban J connectivity index is 1.84. The summed E-state index contributed by atoms with van der Waals surface area (Å²) in [7, 11) is -3.98. The third kappa shape index (κ3) is 6.91. The number of hydrogen-bond acceptors (Lipinski definition) is 7. The van der Waals surface area contributed by atoms with Crippen LogP contribution in [0.2, 0.25) is 0 Å². The molecule has 0 spiro atoms. The maximum absolute atomic E-state index is 13.2. The number of carbonyl (C=O) groups excluding carboxylic acids is 3. The van der Waals surface area contributed by atoms with Gasteiger partial charge in [-0.25, -0.2) is 18.4 Å². The molecule has 2 unspecified atom stereocenters. The normalized spacial score (nSPS) is 18.0. The lowest BCUT2D eigenvalue weighted by atomic mass is 10.0. The largest absolute Gasteiger partial charge is 0.349 e. The first kappa shape index (κ1) is 25.4. The van der Waals surface area contributed by atoms with Crippen LogP contribution in [0.5, 0.6) is 0 Å². The van der Waals surface area contributed by atoms with Crippen molar-refractivity contribution in [3.8, 4) is 0 Å². The van der Waals surface area contributed by atoms with E-state index in [9.17, 15) is 22.8 Å². The molecule has 10 nitrogen and oxygen atoms in total. The van der Waals surface area contributed by atoms with E-state index in [0.717, 1.165) is 0 Å². The van der Waals surface area contributed by atoms with Crippen LogP contribution in [0.4, 0.5) is 0 Å². The highest BCUT2D eigenvalue weighted by Gasteiger charge is 2.32. The summed E-state index contributed by atoms with van der Waals surface area (Å²) in [5.41, 5.74) is 0.503. The van der Waals surface area contributed by atoms with Gasteiger partial charge in [0.05, 0.1) is 4.90 Å². The van der Waals surface area contributed by atoms with Crippen molar-refractivity contribution in [1.29, 1.82) is 0 Å². The lowest BCUT2D eigenvalue weighted by molar-refractivity contribution is -0.140. The average Bonchev–Trinajstić information content (AvgIpc) is 2.81. The minimum atomic E-state index is -3.98. The molecular formula is C23H29N5O5S. The van der Waals surface area contributed by atoms with Crippen molar-refractivity contribution in [1.82, 2.24) is 25.3 Å². The summed E-state index contributed by atoms with van der Waals surface area (Å²) in [5, 5.41) is 5.14. The molecule has 182 valence electrons. The van der Waals surface area contributed by atoms with Crippen LogP contribution < -0.4 is 15.4 Å². The summed E-state index contributed by atoms with van der Waals surface area (Å²) in [6.45, 7) is 3.97. The van der Waals surface area contributed by atoms with E-state index >= 15 is 0 Å². The third-order valence-electron chi connectivity index (χ3n) is 5.27. The number of nitrogens with one attached hydrogen (secondary N) is 3. The van der Waals surface area contributed by atoms with Gasteiger partial charge in [-0.2, -0.15) is 4.72 Å². The van der Waals surface area contributed by atoms with E-state index in [2.05, 4.69) is 25.3 Å². The molecule has 2 heterocycles. The molecule has 1 aliphatic rings. The van der Waals surface area contributed by atoms with Crippen LogP contribution in [0, 0.1) is 5.92 Å². The molecule has 11 heteroatoms. The number of nitrogens with zero attached hydrogens (tertiary/aromatic N) is 2. The number of benzene rings is 1. The van der Waals surface area contributed by atoms with Crippen molar-refractivity contribution >= 4 is 27.6 Å². The number of rotatable bonds is 7. The van der Waals surface area contributed by atoms with Gasteiger partial charge in [-0.05, 0) is 37.0 Å². The zero-order chi connectivity index (χ0) is 24.7. The van der Waals surface area contributed by atoms with Crippen LogP contribution in [0.25, 0.3) is 0 Å². The molecule has 1 aromatic carbocycles. The number of hydrogen-bond donors (Lipinski definition) is 3. The van der Waals surface area contributed by atoms with Gasteiger partial charge in [-0.1, -0.05) is 32.0 Å². The highest BCUT2D eigenvalue weighted by Crippen LogP contribution is 2.13. The zero-order valence-electron chi connectivity index (χ0n) is 19.2. The Bertz CT molecular complexity index is 1140. The number of fused-ring (bicyclic) bond motifs is 2. The van der Waals surface area contributed by atoms with E-state index in [1.165, 1.54) is 12.1 Å². The summed E-state index contributed by atoms with van der Waals surface area (Å²) in [6.07, 6.45) is 2.86. The number of aryl methyl sites for hydroxylation is 1. The molecule has 2 bridgehead atoms. The number of carbonyl (C=O) groups is 3. The Morgan fingerprint density at radius 3 is 2.62 bits per heavy atom. The lowest BCUT2D eigenvalue weighted by Crippen LogP contribution is -2.54. The number of sulfonamides is 1. The molecule has 0 saturated heterocycles. The Hall–Kier alpha value is -3.18. The number of Topliss-reactive ketones (excluding diaryl/α,β-unsaturated/α-hetero) is 1. The van der Waals surface area contributed by atoms with Crippen LogP contribution in [0.3, 0.4) is 0 Å². The van der Waals surface area contributed by atoms with Crippen molar-refractivity contribution in [2.45, 2.75) is 56.5 Å². The summed E-state index contributed by atoms with van der Waals surface area (Å²) in [4.78, 5) is 47.1. The second kappa shape index (κ2) is 11.3. The molecule has 0 aliphatic carbocycles. The summed E-state index contributed by atoms with van der Waals surface area (Å²) in [5.74, 6) is -1.75. The average molecular weight is 488 g/mol. The number of aromatic nitrogens is 2. The molecular weight excluding hydrogens is 458 g/mol. The fraction of sp³-hybridized carbons (Fsp3) is 0.435. The van der Waals surface area contributed by atoms with Crippen molar-refractivity contribution in [3.05, 3.63) is 54.1 Å². The zero-order valence-corrected chi connectivity index (χ0v) is 20.0. The Morgan fingerprint density at radius 2 is 1.91 bits per heavy atom. The molecule has 3 rings (SSSR count). The Kier molecular flexibility index (Phi) is 8.46. The van der Waals surface area contributed by atoms with Crippen molar-refractivity contribution in [3.63, 3.8) is 0 Å². The van der Waals surface area contributed by atoms with Crippen LogP contribution in [-0.4, -0.2) is 54.6 Å². The Morgan fingerprint density at radius 1 is 1.18 bits per heavy atom. The minimum Gasteiger partial charge on any atom is -0.349 e. The second-order valence-electron chi connectivity index (χ2n) is 8.57. The second-order valence-corrected chi connectivity index (χ2v) is 10.3. The molecule has 1 aromatic heterocycles. The fourth-order valence-electron chi connectivity index (χ4n) is 3.59. The van der Waals surface area contributed by atoms with Crippen molar-refractivity contribution in [2.24, 2.45) is 5.92 Å². The quantitative estimate of drug-likeness (QED) is 0.483. The first-order valence-electron chi connectivity index (χ1n) is 11.2. The van der Waals surface area contributed by atoms with Crippen molar-refractivity contribution in [2.75, 3.05) is 6.54 Å². The van der Waals surface area contributed by atoms with Crippen LogP contribution in [-0.2, 0) is 37.2 Å². The fourth-order valence-corrected chi connectivity index (χ4v) is 4.82. The van der Waals surface area contributed by atoms with Gasteiger partial charge < -0.3 is 10.6 Å². The molecule has 2 amide bonds. The van der Waals surface area contributed by atoms with Crippen molar-refractivity contribution < 1.29 is 22.8 Å². The topological polar surface area (TPSA) is 147 Å². The molecule has 0 saturated carbocycles. The molecule has 1 aliphatic heterocycles. The predicted molar refractivity (Wildman–Crippen MR) is 124 cm³/mol. The first-order valence-corrected chi connectivity index (χ1v) is 12.6. The smallest absolute Gasteiger partial charge is 0.289 e. The summed E-state index contributed by atoms with van der Waals surface area (Å²) in [6, 6.07) is 6.99. The molecule has 34 heavy (non-hydrogen) atoms. The van der Waals surface area contributed by atoms with E-state index in [4.69, 9.17) is 0 Å². The van der Waals surface area contributed by atoms with Crippen LogP contribution in [0.15, 0.2) is 47.5 Å². The molecule has 3 N–H and O–H groups in total.